The number of hydrogen-bond acceptors (Lipinski definition) is 3. The lowest BCUT2D eigenvalue weighted by Crippen LogP contribution is -2.66. The van der Waals surface area contributed by atoms with E-state index in [4.69, 9.17) is 4.43 Å². The van der Waals surface area contributed by atoms with Gasteiger partial charge < -0.3 is 4.43 Å². The third kappa shape index (κ3) is 4.07. The molecule has 2 unspecified atom stereocenters. The molecule has 2 aliphatic carbocycles. The molecule has 0 aromatic heterocycles. The van der Waals surface area contributed by atoms with Crippen molar-refractivity contribution < 1.29 is 14.0 Å². The molecular formula is C32H39NO3Si. The summed E-state index contributed by atoms with van der Waals surface area (Å²) in [4.78, 5) is 26.5. The van der Waals surface area contributed by atoms with Crippen molar-refractivity contribution in [2.45, 2.75) is 64.3 Å². The Morgan fingerprint density at radius 1 is 0.892 bits per heavy atom. The van der Waals surface area contributed by atoms with E-state index in [1.807, 2.05) is 24.3 Å². The molecule has 0 spiro atoms. The van der Waals surface area contributed by atoms with Crippen LogP contribution in [0.2, 0.25) is 5.04 Å². The van der Waals surface area contributed by atoms with Gasteiger partial charge in [-0.3, -0.25) is 14.9 Å². The average molecular weight is 514 g/mol. The summed E-state index contributed by atoms with van der Waals surface area (Å²) in [5.41, 5.74) is -1.13. The van der Waals surface area contributed by atoms with Crippen LogP contribution in [-0.2, 0) is 14.0 Å². The maximum atomic E-state index is 13.6. The molecule has 1 saturated carbocycles. The van der Waals surface area contributed by atoms with Gasteiger partial charge in [-0.05, 0) is 40.1 Å². The number of allylic oxidation sites excluding steroid dienone is 2. The van der Waals surface area contributed by atoms with Gasteiger partial charge in [0.15, 0.2) is 0 Å². The van der Waals surface area contributed by atoms with Crippen LogP contribution in [0.1, 0.15) is 59.3 Å². The summed E-state index contributed by atoms with van der Waals surface area (Å²) in [6.07, 6.45) is 13.8. The summed E-state index contributed by atoms with van der Waals surface area (Å²) in [6.45, 7) is 7.44. The van der Waals surface area contributed by atoms with E-state index < -0.39 is 19.7 Å². The Hall–Kier alpha value is -2.76. The summed E-state index contributed by atoms with van der Waals surface area (Å²) < 4.78 is 7.27. The van der Waals surface area contributed by atoms with Crippen LogP contribution in [0.5, 0.6) is 0 Å². The summed E-state index contributed by atoms with van der Waals surface area (Å²) in [5, 5.41) is 5.11. The van der Waals surface area contributed by atoms with E-state index in [0.29, 0.717) is 6.61 Å². The van der Waals surface area contributed by atoms with Gasteiger partial charge in [0.2, 0.25) is 11.8 Å². The van der Waals surface area contributed by atoms with Crippen molar-refractivity contribution in [2.24, 2.45) is 16.7 Å². The highest BCUT2D eigenvalue weighted by atomic mass is 28.4. The van der Waals surface area contributed by atoms with Crippen molar-refractivity contribution in [3.63, 3.8) is 0 Å². The van der Waals surface area contributed by atoms with Gasteiger partial charge in [-0.2, -0.15) is 0 Å². The molecule has 1 heterocycles. The van der Waals surface area contributed by atoms with Crippen LogP contribution in [0.4, 0.5) is 0 Å². The van der Waals surface area contributed by atoms with E-state index in [9.17, 15) is 9.59 Å². The topological polar surface area (TPSA) is 55.4 Å². The fourth-order valence-electron chi connectivity index (χ4n) is 7.45. The predicted molar refractivity (Wildman–Crippen MR) is 151 cm³/mol. The number of fused-ring (bicyclic) bond motifs is 1. The van der Waals surface area contributed by atoms with Crippen molar-refractivity contribution in [1.82, 2.24) is 5.32 Å². The number of amides is 2. The zero-order valence-corrected chi connectivity index (χ0v) is 23.3. The second-order valence-electron chi connectivity index (χ2n) is 12.0. The van der Waals surface area contributed by atoms with Crippen LogP contribution in [0.25, 0.3) is 0 Å². The van der Waals surface area contributed by atoms with Crippen molar-refractivity contribution in [3.05, 3.63) is 85.0 Å². The molecule has 1 saturated heterocycles. The van der Waals surface area contributed by atoms with Crippen LogP contribution in [0.15, 0.2) is 85.0 Å². The normalized spacial score (nSPS) is 25.1. The Kier molecular flexibility index (Phi) is 6.88. The number of hydrogen-bond donors (Lipinski definition) is 1. The van der Waals surface area contributed by atoms with Crippen molar-refractivity contribution in [1.29, 1.82) is 0 Å². The number of carbonyl (C=O) groups excluding carboxylic acids is 2. The van der Waals surface area contributed by atoms with Crippen LogP contribution < -0.4 is 15.7 Å². The van der Waals surface area contributed by atoms with Crippen LogP contribution in [-0.4, -0.2) is 26.7 Å². The second kappa shape index (κ2) is 9.84. The largest absolute Gasteiger partial charge is 0.407 e. The molecule has 3 aliphatic rings. The highest BCUT2D eigenvalue weighted by molar-refractivity contribution is 6.99. The first kappa shape index (κ1) is 25.9. The Morgan fingerprint density at radius 3 is 2.05 bits per heavy atom. The molecule has 37 heavy (non-hydrogen) atoms. The van der Waals surface area contributed by atoms with Gasteiger partial charge in [-0.15, -0.1) is 0 Å². The third-order valence-electron chi connectivity index (χ3n) is 9.16. The van der Waals surface area contributed by atoms with Crippen LogP contribution in [0.3, 0.4) is 0 Å². The number of benzene rings is 2. The quantitative estimate of drug-likeness (QED) is 0.404. The van der Waals surface area contributed by atoms with Crippen molar-refractivity contribution in [2.75, 3.05) is 6.61 Å². The Bertz CT molecular complexity index is 1150. The highest BCUT2D eigenvalue weighted by Gasteiger charge is 2.64. The maximum Gasteiger partial charge on any atom is 0.261 e. The predicted octanol–water partition coefficient (Wildman–Crippen LogP) is 5.29. The summed E-state index contributed by atoms with van der Waals surface area (Å²) in [7, 11) is -2.68. The number of rotatable bonds is 7. The van der Waals surface area contributed by atoms with Gasteiger partial charge in [0, 0.05) is 6.61 Å². The summed E-state index contributed by atoms with van der Waals surface area (Å²) >= 11 is 0. The van der Waals surface area contributed by atoms with E-state index in [-0.39, 0.29) is 22.3 Å². The molecule has 1 N–H and O–H groups in total. The van der Waals surface area contributed by atoms with Gasteiger partial charge in [0.1, 0.15) is 0 Å². The van der Waals surface area contributed by atoms with Crippen molar-refractivity contribution >= 4 is 30.5 Å². The molecule has 0 bridgehead atoms. The van der Waals surface area contributed by atoms with Crippen LogP contribution in [0, 0.1) is 16.7 Å². The van der Waals surface area contributed by atoms with Crippen LogP contribution >= 0.6 is 0 Å². The standard InChI is InChI=1S/C32H39NO3Si/c1-30(2,3)37(25-15-7-4-8-16-25,26-17-9-5-10-18-26)36-24-23-31(20-12-6-13-21-31)32-22-14-11-19-27(32)28(34)33-29(32)35/h4-5,7-11,14-19,22,27H,6,12-13,20-21,23-24H2,1-3H3,(H,33,34,35). The lowest BCUT2D eigenvalue weighted by molar-refractivity contribution is -0.136. The summed E-state index contributed by atoms with van der Waals surface area (Å²) in [6, 6.07) is 21.4. The van der Waals surface area contributed by atoms with Gasteiger partial charge in [0.25, 0.3) is 8.32 Å². The number of nitrogens with one attached hydrogen (secondary N) is 1. The molecule has 2 atom stereocenters. The molecule has 2 fully saturated rings. The highest BCUT2D eigenvalue weighted by Crippen LogP contribution is 2.60. The molecule has 4 nitrogen and oxygen atoms in total. The SMILES string of the molecule is CC(C)(C)[Si](OCCC1(C23C=CC=CC2C(=O)NC3=O)CCCCC1)(c1ccccc1)c1ccccc1. The van der Waals surface area contributed by atoms with E-state index in [1.165, 1.54) is 16.8 Å². The van der Waals surface area contributed by atoms with E-state index in [2.05, 4.69) is 86.8 Å². The molecule has 0 radical (unpaired) electrons. The lowest BCUT2D eigenvalue weighted by Gasteiger charge is -2.51. The second-order valence-corrected chi connectivity index (χ2v) is 16.3. The minimum Gasteiger partial charge on any atom is -0.407 e. The molecule has 2 aromatic rings. The molecular weight excluding hydrogens is 474 g/mol. The Labute approximate surface area is 222 Å². The average Bonchev–Trinajstić information content (AvgIpc) is 3.18. The van der Waals surface area contributed by atoms with E-state index in [0.717, 1.165) is 32.1 Å². The van der Waals surface area contributed by atoms with Crippen molar-refractivity contribution in [3.8, 4) is 0 Å². The monoisotopic (exact) mass is 513 g/mol. The minimum atomic E-state index is -2.68. The Morgan fingerprint density at radius 2 is 1.49 bits per heavy atom. The third-order valence-corrected chi connectivity index (χ3v) is 14.2. The molecule has 1 aliphatic heterocycles. The number of imide groups is 1. The zero-order valence-electron chi connectivity index (χ0n) is 22.3. The number of carbonyl (C=O) groups is 2. The first-order valence-electron chi connectivity index (χ1n) is 13.7. The first-order valence-corrected chi connectivity index (χ1v) is 15.6. The van der Waals surface area contributed by atoms with Gasteiger partial charge in [0.05, 0.1) is 11.3 Å². The molecule has 5 heteroatoms. The fraction of sp³-hybridized carbons (Fsp3) is 0.438. The zero-order chi connectivity index (χ0) is 26.2. The van der Waals surface area contributed by atoms with Gasteiger partial charge in [-0.25, -0.2) is 0 Å². The first-order chi connectivity index (χ1) is 17.8. The minimum absolute atomic E-state index is 0.107. The molecule has 2 amide bonds. The van der Waals surface area contributed by atoms with Gasteiger partial charge in [-0.1, -0.05) is 125 Å². The molecule has 2 aromatic carbocycles. The molecule has 5 rings (SSSR count). The van der Waals surface area contributed by atoms with E-state index >= 15 is 0 Å². The fourth-order valence-corrected chi connectivity index (χ4v) is 12.0. The van der Waals surface area contributed by atoms with Gasteiger partial charge >= 0.3 is 0 Å². The maximum absolute atomic E-state index is 13.6. The van der Waals surface area contributed by atoms with E-state index in [1.54, 1.807) is 0 Å². The summed E-state index contributed by atoms with van der Waals surface area (Å²) in [5.74, 6) is -0.727. The molecule has 194 valence electrons. The lowest BCUT2D eigenvalue weighted by atomic mass is 9.51. The Balaban J connectivity index is 1.54. The smallest absolute Gasteiger partial charge is 0.261 e.